The molecule has 2 unspecified atom stereocenters. The first-order valence-electron chi connectivity index (χ1n) is 6.47. The minimum atomic E-state index is -0.917. The Bertz CT molecular complexity index is 328. The van der Waals surface area contributed by atoms with Crippen LogP contribution in [-0.2, 0) is 9.53 Å². The number of aliphatic carboxylic acids is 1. The van der Waals surface area contributed by atoms with Crippen LogP contribution in [0.2, 0.25) is 0 Å². The molecule has 0 aromatic rings. The molecule has 0 aromatic heterocycles. The van der Waals surface area contributed by atoms with Crippen LogP contribution in [0.3, 0.4) is 0 Å². The first-order chi connectivity index (χ1) is 8.59. The Labute approximate surface area is 106 Å². The molecular formula is C12H20N2O4. The van der Waals surface area contributed by atoms with Crippen LogP contribution in [0.5, 0.6) is 0 Å². The molecule has 3 atom stereocenters. The molecule has 0 aliphatic carbocycles. The fourth-order valence-corrected chi connectivity index (χ4v) is 2.61. The number of amides is 2. The van der Waals surface area contributed by atoms with Crippen molar-refractivity contribution in [2.75, 3.05) is 19.8 Å². The van der Waals surface area contributed by atoms with Crippen LogP contribution in [0.4, 0.5) is 4.79 Å². The smallest absolute Gasteiger partial charge is 0.326 e. The molecule has 0 radical (unpaired) electrons. The van der Waals surface area contributed by atoms with Crippen molar-refractivity contribution < 1.29 is 19.4 Å². The maximum absolute atomic E-state index is 12.0. The molecule has 18 heavy (non-hydrogen) atoms. The summed E-state index contributed by atoms with van der Waals surface area (Å²) in [7, 11) is 0. The second kappa shape index (κ2) is 5.56. The van der Waals surface area contributed by atoms with Crippen molar-refractivity contribution in [3.05, 3.63) is 0 Å². The van der Waals surface area contributed by atoms with Gasteiger partial charge in [-0.25, -0.2) is 9.59 Å². The summed E-state index contributed by atoms with van der Waals surface area (Å²) in [5, 5.41) is 11.9. The highest BCUT2D eigenvalue weighted by molar-refractivity contribution is 5.83. The number of urea groups is 1. The summed E-state index contributed by atoms with van der Waals surface area (Å²) < 4.78 is 5.29. The number of carbonyl (C=O) groups is 2. The molecule has 0 saturated carbocycles. The molecule has 0 aromatic carbocycles. The molecule has 2 aliphatic heterocycles. The van der Waals surface area contributed by atoms with Crippen LogP contribution in [-0.4, -0.2) is 53.8 Å². The van der Waals surface area contributed by atoms with E-state index in [0.29, 0.717) is 25.5 Å². The number of nitrogens with zero attached hydrogens (tertiary/aromatic N) is 1. The van der Waals surface area contributed by atoms with E-state index in [0.717, 1.165) is 19.4 Å². The van der Waals surface area contributed by atoms with E-state index in [1.807, 2.05) is 6.92 Å². The molecule has 6 nitrogen and oxygen atoms in total. The Morgan fingerprint density at radius 1 is 1.44 bits per heavy atom. The third kappa shape index (κ3) is 2.75. The molecule has 0 spiro atoms. The second-order valence-electron chi connectivity index (χ2n) is 5.05. The minimum Gasteiger partial charge on any atom is -0.480 e. The Kier molecular flexibility index (Phi) is 4.06. The quantitative estimate of drug-likeness (QED) is 0.778. The van der Waals surface area contributed by atoms with Crippen LogP contribution in [0, 0.1) is 5.92 Å². The lowest BCUT2D eigenvalue weighted by Gasteiger charge is -2.26. The highest BCUT2D eigenvalue weighted by Gasteiger charge is 2.35. The van der Waals surface area contributed by atoms with Crippen LogP contribution in [0.15, 0.2) is 0 Å². The van der Waals surface area contributed by atoms with Crippen molar-refractivity contribution in [2.45, 2.75) is 38.3 Å². The van der Waals surface area contributed by atoms with Crippen molar-refractivity contribution in [1.82, 2.24) is 10.2 Å². The summed E-state index contributed by atoms with van der Waals surface area (Å²) in [4.78, 5) is 24.5. The van der Waals surface area contributed by atoms with Crippen molar-refractivity contribution in [3.8, 4) is 0 Å². The molecule has 2 N–H and O–H groups in total. The summed E-state index contributed by atoms with van der Waals surface area (Å²) in [5.74, 6) is -0.584. The Balaban J connectivity index is 1.88. The maximum Gasteiger partial charge on any atom is 0.326 e. The molecule has 0 bridgehead atoms. The first-order valence-corrected chi connectivity index (χ1v) is 6.47. The van der Waals surface area contributed by atoms with Gasteiger partial charge >= 0.3 is 12.0 Å². The SMILES string of the molecule is CC(NC(=O)N1CCC[C@@H]1C(=O)O)C1CCOC1. The molecule has 102 valence electrons. The molecule has 6 heteroatoms. The van der Waals surface area contributed by atoms with Crippen LogP contribution in [0.25, 0.3) is 0 Å². The minimum absolute atomic E-state index is 0.0232. The van der Waals surface area contributed by atoms with E-state index in [9.17, 15) is 9.59 Å². The fraction of sp³-hybridized carbons (Fsp3) is 0.833. The standard InChI is InChI=1S/C12H20N2O4/c1-8(9-4-6-18-7-9)13-12(17)14-5-2-3-10(14)11(15)16/h8-10H,2-7H2,1H3,(H,13,17)(H,15,16)/t8?,9?,10-/m1/s1. The first kappa shape index (κ1) is 13.1. The molecule has 2 saturated heterocycles. The second-order valence-corrected chi connectivity index (χ2v) is 5.05. The number of carbonyl (C=O) groups excluding carboxylic acids is 1. The third-order valence-electron chi connectivity index (χ3n) is 3.82. The Hall–Kier alpha value is -1.30. The predicted octanol–water partition coefficient (Wildman–Crippen LogP) is 0.670. The van der Waals surface area contributed by atoms with Gasteiger partial charge < -0.3 is 20.1 Å². The molecule has 2 heterocycles. The number of rotatable bonds is 3. The monoisotopic (exact) mass is 256 g/mol. The number of carboxylic acids is 1. The van der Waals surface area contributed by atoms with Gasteiger partial charge in [0.25, 0.3) is 0 Å². The topological polar surface area (TPSA) is 78.9 Å². The lowest BCUT2D eigenvalue weighted by Crippen LogP contribution is -2.50. The van der Waals surface area contributed by atoms with Crippen molar-refractivity contribution >= 4 is 12.0 Å². The molecule has 2 rings (SSSR count). The van der Waals surface area contributed by atoms with Gasteiger partial charge in [-0.15, -0.1) is 0 Å². The van der Waals surface area contributed by atoms with Gasteiger partial charge in [-0.2, -0.15) is 0 Å². The van der Waals surface area contributed by atoms with E-state index in [4.69, 9.17) is 9.84 Å². The highest BCUT2D eigenvalue weighted by Crippen LogP contribution is 2.20. The molecular weight excluding hydrogens is 236 g/mol. The van der Waals surface area contributed by atoms with Gasteiger partial charge in [-0.3, -0.25) is 0 Å². The van der Waals surface area contributed by atoms with Crippen molar-refractivity contribution in [3.63, 3.8) is 0 Å². The number of hydrogen-bond donors (Lipinski definition) is 2. The van der Waals surface area contributed by atoms with Crippen molar-refractivity contribution in [1.29, 1.82) is 0 Å². The Morgan fingerprint density at radius 3 is 2.83 bits per heavy atom. The summed E-state index contributed by atoms with van der Waals surface area (Å²) >= 11 is 0. The fourth-order valence-electron chi connectivity index (χ4n) is 2.61. The Morgan fingerprint density at radius 2 is 2.22 bits per heavy atom. The molecule has 2 fully saturated rings. The summed E-state index contributed by atoms with van der Waals surface area (Å²) in [6, 6.07) is -0.911. The van der Waals surface area contributed by atoms with E-state index in [2.05, 4.69) is 5.32 Å². The zero-order valence-electron chi connectivity index (χ0n) is 10.6. The lowest BCUT2D eigenvalue weighted by molar-refractivity contribution is -0.141. The molecule has 2 amide bonds. The zero-order chi connectivity index (χ0) is 13.1. The average Bonchev–Trinajstić information content (AvgIpc) is 3.00. The van der Waals surface area contributed by atoms with Crippen molar-refractivity contribution in [2.24, 2.45) is 5.92 Å². The van der Waals surface area contributed by atoms with Gasteiger partial charge in [-0.05, 0) is 26.2 Å². The molecule has 2 aliphatic rings. The van der Waals surface area contributed by atoms with E-state index in [-0.39, 0.29) is 12.1 Å². The van der Waals surface area contributed by atoms with E-state index >= 15 is 0 Å². The number of likely N-dealkylation sites (tertiary alicyclic amines) is 1. The van der Waals surface area contributed by atoms with Crippen LogP contribution in [0.1, 0.15) is 26.2 Å². The summed E-state index contributed by atoms with van der Waals surface area (Å²) in [6.07, 6.45) is 2.25. The average molecular weight is 256 g/mol. The van der Waals surface area contributed by atoms with E-state index in [1.165, 1.54) is 4.90 Å². The van der Waals surface area contributed by atoms with Crippen LogP contribution < -0.4 is 5.32 Å². The number of carboxylic acid groups (broad SMARTS) is 1. The van der Waals surface area contributed by atoms with Gasteiger partial charge in [0.2, 0.25) is 0 Å². The van der Waals surface area contributed by atoms with Gasteiger partial charge in [0.15, 0.2) is 0 Å². The van der Waals surface area contributed by atoms with Gasteiger partial charge in [-0.1, -0.05) is 0 Å². The number of nitrogens with one attached hydrogen (secondary N) is 1. The van der Waals surface area contributed by atoms with E-state index < -0.39 is 12.0 Å². The van der Waals surface area contributed by atoms with Gasteiger partial charge in [0.1, 0.15) is 6.04 Å². The predicted molar refractivity (Wildman–Crippen MR) is 64.3 cm³/mol. The number of ether oxygens (including phenoxy) is 1. The zero-order valence-corrected chi connectivity index (χ0v) is 10.6. The van der Waals surface area contributed by atoms with Gasteiger partial charge in [0, 0.05) is 25.1 Å². The highest BCUT2D eigenvalue weighted by atomic mass is 16.5. The third-order valence-corrected chi connectivity index (χ3v) is 3.82. The van der Waals surface area contributed by atoms with E-state index in [1.54, 1.807) is 0 Å². The van der Waals surface area contributed by atoms with Crippen LogP contribution >= 0.6 is 0 Å². The maximum atomic E-state index is 12.0. The summed E-state index contributed by atoms with van der Waals surface area (Å²) in [6.45, 7) is 3.88. The number of hydrogen-bond acceptors (Lipinski definition) is 3. The summed E-state index contributed by atoms with van der Waals surface area (Å²) in [5.41, 5.74) is 0. The normalized spacial score (nSPS) is 29.3. The van der Waals surface area contributed by atoms with Gasteiger partial charge in [0.05, 0.1) is 6.61 Å². The lowest BCUT2D eigenvalue weighted by atomic mass is 10.0. The largest absolute Gasteiger partial charge is 0.480 e.